The van der Waals surface area contributed by atoms with Crippen LogP contribution in [0.3, 0.4) is 0 Å². The second kappa shape index (κ2) is 12.3. The van der Waals surface area contributed by atoms with Gasteiger partial charge in [0.2, 0.25) is 0 Å². The number of carbonyl (C=O) groups excluding carboxylic acids is 1. The van der Waals surface area contributed by atoms with Crippen LogP contribution in [-0.2, 0) is 16.2 Å². The minimum Gasteiger partial charge on any atom is -0.489 e. The molecule has 0 spiro atoms. The zero-order chi connectivity index (χ0) is 28.2. The molecule has 1 fully saturated rings. The lowest BCUT2D eigenvalue weighted by Crippen LogP contribution is -2.30. The molecule has 1 aliphatic rings. The molecule has 5 rings (SSSR count). The Bertz CT molecular complexity index is 1620. The van der Waals surface area contributed by atoms with E-state index in [9.17, 15) is 9.59 Å². The number of hydrogen-bond donors (Lipinski definition) is 1. The number of carbonyl (C=O) groups is 2. The van der Waals surface area contributed by atoms with Gasteiger partial charge in [0, 0.05) is 39.5 Å². The summed E-state index contributed by atoms with van der Waals surface area (Å²) >= 11 is 18.7. The lowest BCUT2D eigenvalue weighted by Gasteiger charge is -2.12. The molecule has 11 heteroatoms. The van der Waals surface area contributed by atoms with Crippen LogP contribution in [0.15, 0.2) is 83.9 Å². The van der Waals surface area contributed by atoms with E-state index in [1.807, 2.05) is 66.9 Å². The first-order valence-corrected chi connectivity index (χ1v) is 14.1. The van der Waals surface area contributed by atoms with Crippen LogP contribution in [0, 0.1) is 0 Å². The fraction of sp³-hybridized carbons (Fsp3) is 0.103. The Hall–Kier alpha value is -3.63. The van der Waals surface area contributed by atoms with Crippen molar-refractivity contribution in [2.45, 2.75) is 13.0 Å². The third kappa shape index (κ3) is 6.39. The van der Waals surface area contributed by atoms with Crippen LogP contribution >= 0.6 is 47.2 Å². The minimum absolute atomic E-state index is 0.0240. The van der Waals surface area contributed by atoms with Crippen molar-refractivity contribution in [1.29, 1.82) is 0 Å². The number of carboxylic acid groups (broad SMARTS) is 1. The molecule has 7 nitrogen and oxygen atoms in total. The number of benzene rings is 3. The van der Waals surface area contributed by atoms with Crippen LogP contribution in [0.5, 0.6) is 5.75 Å². The molecule has 1 N–H and O–H groups in total. The van der Waals surface area contributed by atoms with E-state index in [-0.39, 0.29) is 25.5 Å². The summed E-state index contributed by atoms with van der Waals surface area (Å²) in [5.74, 6) is -0.662. The maximum Gasteiger partial charge on any atom is 0.305 e. The van der Waals surface area contributed by atoms with Crippen molar-refractivity contribution in [3.63, 3.8) is 0 Å². The second-order valence-electron chi connectivity index (χ2n) is 8.74. The van der Waals surface area contributed by atoms with Gasteiger partial charge in [0.25, 0.3) is 5.91 Å². The highest BCUT2D eigenvalue weighted by molar-refractivity contribution is 8.26. The first kappa shape index (κ1) is 27.9. The first-order valence-electron chi connectivity index (χ1n) is 12.1. The minimum atomic E-state index is -0.992. The number of rotatable bonds is 9. The molecule has 1 aromatic heterocycles. The smallest absolute Gasteiger partial charge is 0.305 e. The summed E-state index contributed by atoms with van der Waals surface area (Å²) in [4.78, 5) is 25.8. The number of aromatic nitrogens is 2. The maximum absolute atomic E-state index is 13.0. The summed E-state index contributed by atoms with van der Waals surface area (Å²) in [6, 6.07) is 22.4. The number of carboxylic acids is 1. The zero-order valence-corrected chi connectivity index (χ0v) is 23.9. The van der Waals surface area contributed by atoms with E-state index < -0.39 is 5.97 Å². The highest BCUT2D eigenvalue weighted by Gasteiger charge is 2.32. The molecule has 2 heterocycles. The Balaban J connectivity index is 1.43. The molecular weight excluding hydrogens is 589 g/mol. The molecule has 0 atom stereocenters. The Kier molecular flexibility index (Phi) is 8.56. The molecule has 40 heavy (non-hydrogen) atoms. The third-order valence-electron chi connectivity index (χ3n) is 6.01. The van der Waals surface area contributed by atoms with E-state index in [0.29, 0.717) is 36.3 Å². The third-order valence-corrected chi connectivity index (χ3v) is 7.97. The predicted molar refractivity (Wildman–Crippen MR) is 162 cm³/mol. The fourth-order valence-corrected chi connectivity index (χ4v) is 5.74. The number of nitrogens with zero attached hydrogens (tertiary/aromatic N) is 3. The number of aliphatic carboxylic acids is 1. The zero-order valence-electron chi connectivity index (χ0n) is 20.8. The average molecular weight is 611 g/mol. The van der Waals surface area contributed by atoms with E-state index in [1.54, 1.807) is 22.9 Å². The summed E-state index contributed by atoms with van der Waals surface area (Å²) in [5.41, 5.74) is 3.87. The van der Waals surface area contributed by atoms with Crippen molar-refractivity contribution in [3.05, 3.63) is 105 Å². The number of thiocarbonyl (C=S) groups is 1. The highest BCUT2D eigenvalue weighted by atomic mass is 35.5. The van der Waals surface area contributed by atoms with E-state index in [4.69, 9.17) is 50.4 Å². The molecule has 1 amide bonds. The number of ether oxygens (including phenoxy) is 1. The molecule has 0 saturated carbocycles. The Labute approximate surface area is 250 Å². The predicted octanol–water partition coefficient (Wildman–Crippen LogP) is 7.10. The van der Waals surface area contributed by atoms with Gasteiger partial charge in [-0.15, -0.1) is 0 Å². The number of para-hydroxylation sites is 1. The van der Waals surface area contributed by atoms with Crippen LogP contribution < -0.4 is 4.74 Å². The SMILES string of the molecule is O=C(O)CCN1C(=O)/C(=C/c2cn(-c3ccccc3)nc2-c2ccc(OCc3ccc(Cl)cc3Cl)cc2)SC1=S. The molecule has 1 aliphatic heterocycles. The molecule has 0 aliphatic carbocycles. The molecule has 202 valence electrons. The van der Waals surface area contributed by atoms with Crippen molar-refractivity contribution in [1.82, 2.24) is 14.7 Å². The van der Waals surface area contributed by atoms with Crippen molar-refractivity contribution in [2.75, 3.05) is 6.54 Å². The summed E-state index contributed by atoms with van der Waals surface area (Å²) in [6.07, 6.45) is 3.41. The topological polar surface area (TPSA) is 84.7 Å². The summed E-state index contributed by atoms with van der Waals surface area (Å²) in [7, 11) is 0. The summed E-state index contributed by atoms with van der Waals surface area (Å²) in [5, 5.41) is 14.9. The van der Waals surface area contributed by atoms with Crippen molar-refractivity contribution in [3.8, 4) is 22.7 Å². The van der Waals surface area contributed by atoms with Crippen LogP contribution in [0.25, 0.3) is 23.0 Å². The monoisotopic (exact) mass is 609 g/mol. The summed E-state index contributed by atoms with van der Waals surface area (Å²) < 4.78 is 8.00. The first-order chi connectivity index (χ1) is 19.3. The van der Waals surface area contributed by atoms with Gasteiger partial charge in [-0.3, -0.25) is 14.5 Å². The average Bonchev–Trinajstić information content (AvgIpc) is 3.48. The molecule has 0 unspecified atom stereocenters. The second-order valence-corrected chi connectivity index (χ2v) is 11.3. The Morgan fingerprint density at radius 2 is 1.82 bits per heavy atom. The van der Waals surface area contributed by atoms with Gasteiger partial charge in [-0.2, -0.15) is 5.10 Å². The van der Waals surface area contributed by atoms with Gasteiger partial charge in [-0.25, -0.2) is 4.68 Å². The van der Waals surface area contributed by atoms with Gasteiger partial charge in [0.1, 0.15) is 16.7 Å². The van der Waals surface area contributed by atoms with E-state index in [1.165, 1.54) is 4.90 Å². The molecular formula is C29H21Cl2N3O4S2. The highest BCUT2D eigenvalue weighted by Crippen LogP contribution is 2.35. The number of amides is 1. The van der Waals surface area contributed by atoms with Gasteiger partial charge < -0.3 is 9.84 Å². The van der Waals surface area contributed by atoms with Gasteiger partial charge in [-0.1, -0.05) is 71.4 Å². The van der Waals surface area contributed by atoms with Crippen LogP contribution in [0.4, 0.5) is 0 Å². The van der Waals surface area contributed by atoms with Gasteiger partial charge in [0.05, 0.1) is 22.7 Å². The van der Waals surface area contributed by atoms with Gasteiger partial charge in [0.15, 0.2) is 0 Å². The quantitative estimate of drug-likeness (QED) is 0.160. The lowest BCUT2D eigenvalue weighted by atomic mass is 10.1. The van der Waals surface area contributed by atoms with Crippen LogP contribution in [-0.4, -0.2) is 42.5 Å². The lowest BCUT2D eigenvalue weighted by molar-refractivity contribution is -0.137. The van der Waals surface area contributed by atoms with Crippen LogP contribution in [0.2, 0.25) is 10.0 Å². The standard InChI is InChI=1S/C29H21Cl2N3O4S2/c30-21-9-6-19(24(31)15-21)17-38-23-10-7-18(8-11-23)27-20(16-34(32-27)22-4-2-1-3-5-22)14-25-28(37)33(29(39)40-25)13-12-26(35)36/h1-11,14-16H,12-13,17H2,(H,35,36)/b25-14-. The van der Waals surface area contributed by atoms with Gasteiger partial charge in [-0.05, 0) is 54.6 Å². The maximum atomic E-state index is 13.0. The molecule has 4 aromatic rings. The van der Waals surface area contributed by atoms with E-state index in [2.05, 4.69) is 0 Å². The number of hydrogen-bond acceptors (Lipinski definition) is 6. The fourth-order valence-electron chi connectivity index (χ4n) is 3.98. The molecule has 0 radical (unpaired) electrons. The van der Waals surface area contributed by atoms with Crippen LogP contribution in [0.1, 0.15) is 17.5 Å². The molecule has 0 bridgehead atoms. The summed E-state index contributed by atoms with van der Waals surface area (Å²) in [6.45, 7) is 0.309. The normalized spacial score (nSPS) is 14.2. The van der Waals surface area contributed by atoms with Crippen molar-refractivity contribution in [2.24, 2.45) is 0 Å². The molecule has 1 saturated heterocycles. The van der Waals surface area contributed by atoms with Crippen molar-refractivity contribution < 1.29 is 19.4 Å². The van der Waals surface area contributed by atoms with Crippen molar-refractivity contribution >= 4 is 69.5 Å². The van der Waals surface area contributed by atoms with E-state index in [0.717, 1.165) is 28.6 Å². The Morgan fingerprint density at radius 1 is 1.07 bits per heavy atom. The molecule has 3 aromatic carbocycles. The number of thioether (sulfide) groups is 1. The largest absolute Gasteiger partial charge is 0.489 e. The van der Waals surface area contributed by atoms with E-state index >= 15 is 0 Å². The Morgan fingerprint density at radius 3 is 2.52 bits per heavy atom. The number of halogens is 2. The van der Waals surface area contributed by atoms with Gasteiger partial charge >= 0.3 is 5.97 Å².